The van der Waals surface area contributed by atoms with E-state index >= 15 is 0 Å². The first kappa shape index (κ1) is 15.9. The minimum Gasteiger partial charge on any atom is -0.469 e. The highest BCUT2D eigenvalue weighted by Crippen LogP contribution is 2.04. The van der Waals surface area contributed by atoms with E-state index in [2.05, 4.69) is 4.74 Å². The van der Waals surface area contributed by atoms with Crippen LogP contribution in [0, 0.1) is 5.92 Å². The Labute approximate surface area is 103 Å². The molecular weight excluding hydrogens is 222 g/mol. The molecule has 0 bridgehead atoms. The lowest BCUT2D eigenvalue weighted by Crippen LogP contribution is -2.37. The summed E-state index contributed by atoms with van der Waals surface area (Å²) in [4.78, 5) is 24.6. The molecule has 0 aromatic rings. The fraction of sp³-hybridized carbons (Fsp3) is 0.833. The third-order valence-electron chi connectivity index (χ3n) is 2.40. The molecule has 0 unspecified atom stereocenters. The van der Waals surface area contributed by atoms with Crippen molar-refractivity contribution in [2.24, 2.45) is 5.92 Å². The zero-order valence-electron chi connectivity index (χ0n) is 11.2. The maximum Gasteiger partial charge on any atom is 0.307 e. The Morgan fingerprint density at radius 1 is 1.18 bits per heavy atom. The molecule has 0 saturated heterocycles. The van der Waals surface area contributed by atoms with Crippen LogP contribution in [0.25, 0.3) is 0 Å². The van der Waals surface area contributed by atoms with E-state index in [0.717, 1.165) is 6.42 Å². The predicted molar refractivity (Wildman–Crippen MR) is 64.5 cm³/mol. The molecule has 100 valence electrons. The van der Waals surface area contributed by atoms with Crippen LogP contribution in [0.2, 0.25) is 0 Å². The Hall–Kier alpha value is -1.10. The van der Waals surface area contributed by atoms with Crippen molar-refractivity contribution < 1.29 is 19.1 Å². The van der Waals surface area contributed by atoms with E-state index in [1.807, 2.05) is 13.8 Å². The molecule has 0 saturated carbocycles. The largest absolute Gasteiger partial charge is 0.469 e. The van der Waals surface area contributed by atoms with E-state index < -0.39 is 0 Å². The van der Waals surface area contributed by atoms with E-state index in [0.29, 0.717) is 19.7 Å². The number of amides is 1. The summed E-state index contributed by atoms with van der Waals surface area (Å²) in [5, 5.41) is 0. The van der Waals surface area contributed by atoms with Gasteiger partial charge in [-0.3, -0.25) is 9.59 Å². The van der Waals surface area contributed by atoms with Crippen molar-refractivity contribution in [2.45, 2.75) is 26.7 Å². The molecule has 0 N–H and O–H groups in total. The number of rotatable bonds is 8. The summed E-state index contributed by atoms with van der Waals surface area (Å²) in [6.07, 6.45) is 1.01. The van der Waals surface area contributed by atoms with Gasteiger partial charge in [0.2, 0.25) is 5.91 Å². The molecule has 0 aliphatic heterocycles. The zero-order chi connectivity index (χ0) is 13.3. The van der Waals surface area contributed by atoms with Crippen LogP contribution in [0.5, 0.6) is 0 Å². The normalized spacial score (nSPS) is 10.4. The Morgan fingerprint density at radius 3 is 2.29 bits per heavy atom. The molecule has 0 fully saturated rings. The van der Waals surface area contributed by atoms with E-state index in [4.69, 9.17) is 4.74 Å². The van der Waals surface area contributed by atoms with E-state index in [1.54, 1.807) is 12.0 Å². The van der Waals surface area contributed by atoms with Gasteiger partial charge in [0.1, 0.15) is 0 Å². The van der Waals surface area contributed by atoms with Crippen LogP contribution in [0.4, 0.5) is 0 Å². The van der Waals surface area contributed by atoms with Gasteiger partial charge in [0.25, 0.3) is 0 Å². The smallest absolute Gasteiger partial charge is 0.307 e. The number of hydrogen-bond acceptors (Lipinski definition) is 4. The zero-order valence-corrected chi connectivity index (χ0v) is 11.2. The second-order valence-electron chi connectivity index (χ2n) is 4.15. The first-order chi connectivity index (χ1) is 8.02. The van der Waals surface area contributed by atoms with Crippen LogP contribution in [-0.4, -0.2) is 50.7 Å². The van der Waals surface area contributed by atoms with Gasteiger partial charge in [-0.1, -0.05) is 13.8 Å². The highest BCUT2D eigenvalue weighted by molar-refractivity contribution is 5.79. The van der Waals surface area contributed by atoms with Gasteiger partial charge in [-0.2, -0.15) is 0 Å². The highest BCUT2D eigenvalue weighted by atomic mass is 16.5. The van der Waals surface area contributed by atoms with Crippen LogP contribution in [0.15, 0.2) is 0 Å². The molecule has 0 aliphatic rings. The molecule has 5 heteroatoms. The van der Waals surface area contributed by atoms with Gasteiger partial charge in [0.15, 0.2) is 0 Å². The molecule has 0 heterocycles. The van der Waals surface area contributed by atoms with Gasteiger partial charge in [-0.05, 0) is 6.42 Å². The lowest BCUT2D eigenvalue weighted by molar-refractivity contribution is -0.142. The summed E-state index contributed by atoms with van der Waals surface area (Å²) in [6.45, 7) is 5.34. The van der Waals surface area contributed by atoms with Crippen molar-refractivity contribution in [3.05, 3.63) is 0 Å². The fourth-order valence-electron chi connectivity index (χ4n) is 1.43. The van der Waals surface area contributed by atoms with Gasteiger partial charge in [-0.15, -0.1) is 0 Å². The lowest BCUT2D eigenvalue weighted by Gasteiger charge is -2.24. The van der Waals surface area contributed by atoms with Gasteiger partial charge in [-0.25, -0.2) is 0 Å². The van der Waals surface area contributed by atoms with E-state index in [-0.39, 0.29) is 24.2 Å². The standard InChI is InChI=1S/C12H23NO4/c1-10(2)12(15)13(7-5-9-16-3)8-6-11(14)17-4/h10H,5-9H2,1-4H3. The molecule has 1 amide bonds. The topological polar surface area (TPSA) is 55.8 Å². The second-order valence-corrected chi connectivity index (χ2v) is 4.15. The lowest BCUT2D eigenvalue weighted by atomic mass is 10.2. The molecule has 0 aromatic heterocycles. The number of carbonyl (C=O) groups is 2. The van der Waals surface area contributed by atoms with Crippen molar-refractivity contribution in [2.75, 3.05) is 33.9 Å². The number of methoxy groups -OCH3 is 2. The summed E-state index contributed by atoms with van der Waals surface area (Å²) in [7, 11) is 2.98. The van der Waals surface area contributed by atoms with Crippen molar-refractivity contribution >= 4 is 11.9 Å². The number of hydrogen-bond donors (Lipinski definition) is 0. The average molecular weight is 245 g/mol. The summed E-state index contributed by atoms with van der Waals surface area (Å²) < 4.78 is 9.51. The highest BCUT2D eigenvalue weighted by Gasteiger charge is 2.17. The van der Waals surface area contributed by atoms with Crippen molar-refractivity contribution in [3.8, 4) is 0 Å². The van der Waals surface area contributed by atoms with Crippen molar-refractivity contribution in [1.82, 2.24) is 4.90 Å². The molecule has 0 rings (SSSR count). The first-order valence-corrected chi connectivity index (χ1v) is 5.87. The fourth-order valence-corrected chi connectivity index (χ4v) is 1.43. The summed E-state index contributed by atoms with van der Waals surface area (Å²) >= 11 is 0. The Balaban J connectivity index is 4.19. The predicted octanol–water partition coefficient (Wildman–Crippen LogP) is 1.07. The maximum absolute atomic E-state index is 11.9. The van der Waals surface area contributed by atoms with Crippen LogP contribution in [0.1, 0.15) is 26.7 Å². The van der Waals surface area contributed by atoms with Crippen molar-refractivity contribution in [1.29, 1.82) is 0 Å². The van der Waals surface area contributed by atoms with Crippen molar-refractivity contribution in [3.63, 3.8) is 0 Å². The van der Waals surface area contributed by atoms with Crippen LogP contribution in [0.3, 0.4) is 0 Å². The third kappa shape index (κ3) is 6.94. The number of esters is 1. The summed E-state index contributed by atoms with van der Waals surface area (Å²) in [5.41, 5.74) is 0. The SMILES string of the molecule is COCCCN(CCC(=O)OC)C(=O)C(C)C. The molecular formula is C12H23NO4. The molecule has 0 atom stereocenters. The van der Waals surface area contributed by atoms with E-state index in [1.165, 1.54) is 7.11 Å². The van der Waals surface area contributed by atoms with Crippen LogP contribution in [-0.2, 0) is 19.1 Å². The van der Waals surface area contributed by atoms with Gasteiger partial charge in [0.05, 0.1) is 13.5 Å². The van der Waals surface area contributed by atoms with Gasteiger partial charge in [0, 0.05) is 32.7 Å². The quantitative estimate of drug-likeness (QED) is 0.474. The Bertz CT molecular complexity index is 241. The van der Waals surface area contributed by atoms with E-state index in [9.17, 15) is 9.59 Å². The Kier molecular flexibility index (Phi) is 8.40. The van der Waals surface area contributed by atoms with Crippen LogP contribution >= 0.6 is 0 Å². The Morgan fingerprint density at radius 2 is 1.82 bits per heavy atom. The summed E-state index contributed by atoms with van der Waals surface area (Å²) in [6, 6.07) is 0. The first-order valence-electron chi connectivity index (χ1n) is 5.87. The number of ether oxygens (including phenoxy) is 2. The minimum absolute atomic E-state index is 0.0600. The average Bonchev–Trinajstić information content (AvgIpc) is 2.32. The molecule has 0 aliphatic carbocycles. The monoisotopic (exact) mass is 245 g/mol. The minimum atomic E-state index is -0.293. The van der Waals surface area contributed by atoms with Crippen LogP contribution < -0.4 is 0 Å². The molecule has 0 spiro atoms. The van der Waals surface area contributed by atoms with Gasteiger partial charge < -0.3 is 14.4 Å². The number of nitrogens with zero attached hydrogens (tertiary/aromatic N) is 1. The van der Waals surface area contributed by atoms with Gasteiger partial charge >= 0.3 is 5.97 Å². The molecule has 0 radical (unpaired) electrons. The summed E-state index contributed by atoms with van der Waals surface area (Å²) in [5.74, 6) is -0.293. The maximum atomic E-state index is 11.9. The third-order valence-corrected chi connectivity index (χ3v) is 2.40. The number of carbonyl (C=O) groups excluding carboxylic acids is 2. The molecule has 5 nitrogen and oxygen atoms in total. The molecule has 0 aromatic carbocycles. The molecule has 17 heavy (non-hydrogen) atoms. The second kappa shape index (κ2) is 8.98.